The van der Waals surface area contributed by atoms with Gasteiger partial charge in [-0.1, -0.05) is 59.6 Å². The number of nitrogens with two attached hydrogens (primary N) is 2. The van der Waals surface area contributed by atoms with Gasteiger partial charge in [0.05, 0.1) is 9.50 Å². The van der Waals surface area contributed by atoms with Crippen LogP contribution in [0.3, 0.4) is 0 Å². The van der Waals surface area contributed by atoms with Crippen molar-refractivity contribution in [1.29, 1.82) is 0 Å². The molecule has 8 nitrogen and oxygen atoms in total. The molecule has 0 saturated carbocycles. The largest absolute Gasteiger partial charge is 0.489 e. The van der Waals surface area contributed by atoms with Crippen LogP contribution in [0.2, 0.25) is 20.6 Å². The van der Waals surface area contributed by atoms with Crippen molar-refractivity contribution in [1.82, 2.24) is 19.9 Å². The van der Waals surface area contributed by atoms with Gasteiger partial charge < -0.3 is 21.5 Å². The second-order valence-electron chi connectivity index (χ2n) is 7.10. The van der Waals surface area contributed by atoms with Gasteiger partial charge in [0.15, 0.2) is 0 Å². The predicted octanol–water partition coefficient (Wildman–Crippen LogP) is 5.14. The Bertz CT molecular complexity index is 1350. The Morgan fingerprint density at radius 1 is 0.750 bits per heavy atom. The summed E-state index contributed by atoms with van der Waals surface area (Å²) in [6, 6.07) is 10.8. The molecule has 0 aliphatic heterocycles. The van der Waals surface area contributed by atoms with Crippen LogP contribution in [0.1, 0.15) is 11.1 Å². The van der Waals surface area contributed by atoms with Crippen LogP contribution in [0, 0.1) is 13.8 Å². The molecular formula is C22H20BBrCl4N6O2. The number of nitrogen functional groups attached to an aromatic ring is 2. The fourth-order valence-electron chi connectivity index (χ4n) is 2.66. The Morgan fingerprint density at radius 2 is 1.28 bits per heavy atom. The first-order chi connectivity index (χ1) is 16.9. The van der Waals surface area contributed by atoms with Gasteiger partial charge in [-0.2, -0.15) is 4.98 Å². The third kappa shape index (κ3) is 8.45. The predicted molar refractivity (Wildman–Crippen MR) is 152 cm³/mol. The summed E-state index contributed by atoms with van der Waals surface area (Å²) in [6.07, 6.45) is 3.08. The number of hydrogen-bond donors (Lipinski definition) is 4. The molecule has 0 unspecified atom stereocenters. The highest BCUT2D eigenvalue weighted by molar-refractivity contribution is 9.10. The molecule has 0 amide bonds. The van der Waals surface area contributed by atoms with Gasteiger partial charge in [-0.25, -0.2) is 15.0 Å². The summed E-state index contributed by atoms with van der Waals surface area (Å²) in [6.45, 7) is 3.74. The van der Waals surface area contributed by atoms with Gasteiger partial charge >= 0.3 is 7.12 Å². The Hall–Kier alpha value is -2.18. The summed E-state index contributed by atoms with van der Waals surface area (Å²) < 4.78 is 0.659. The standard InChI is InChI=1S/C11H9Cl2N3.C7H8BClO2.C4H3BrClN3/c1-6-3-2-4-7(9(6)12)8-5-15-11(13)16-10(8)14;1-5-3-2-4-6(7(5)9)8(10)11;5-2-1-8-4(6)9-3(2)7/h2-5H,1H3,(H2,14,15,16);2-4,10-11H,1H3;1H,(H2,7,8,9). The van der Waals surface area contributed by atoms with E-state index in [1.165, 1.54) is 6.20 Å². The molecular weight excluding hydrogens is 613 g/mol. The number of hydrogen-bond acceptors (Lipinski definition) is 8. The topological polar surface area (TPSA) is 144 Å². The molecule has 2 heterocycles. The lowest BCUT2D eigenvalue weighted by molar-refractivity contribution is 0.426. The van der Waals surface area contributed by atoms with E-state index in [1.54, 1.807) is 18.3 Å². The molecule has 0 fully saturated rings. The molecule has 0 bridgehead atoms. The molecule has 0 spiro atoms. The number of benzene rings is 2. The molecule has 0 atom stereocenters. The van der Waals surface area contributed by atoms with Crippen LogP contribution < -0.4 is 16.9 Å². The number of halogens is 5. The van der Waals surface area contributed by atoms with Crippen molar-refractivity contribution in [3.8, 4) is 11.1 Å². The summed E-state index contributed by atoms with van der Waals surface area (Å²) in [7, 11) is -1.48. The summed E-state index contributed by atoms with van der Waals surface area (Å²) >= 11 is 26.1. The van der Waals surface area contributed by atoms with Crippen molar-refractivity contribution in [3.63, 3.8) is 0 Å². The van der Waals surface area contributed by atoms with Gasteiger partial charge in [0.25, 0.3) is 0 Å². The average Bonchev–Trinajstić information content (AvgIpc) is 2.81. The lowest BCUT2D eigenvalue weighted by Crippen LogP contribution is -2.30. The SMILES string of the molecule is Cc1cccc(-c2cnc(Cl)nc2N)c1Cl.Cc1cccc(B(O)O)c1Cl.Nc1nc(Cl)ncc1Br. The molecule has 0 saturated heterocycles. The van der Waals surface area contributed by atoms with Crippen molar-refractivity contribution < 1.29 is 10.0 Å². The quantitative estimate of drug-likeness (QED) is 0.176. The van der Waals surface area contributed by atoms with E-state index >= 15 is 0 Å². The molecule has 2 aromatic carbocycles. The normalized spacial score (nSPS) is 10.0. The summed E-state index contributed by atoms with van der Waals surface area (Å²) in [5, 5.41) is 19.0. The van der Waals surface area contributed by atoms with Crippen LogP contribution in [-0.4, -0.2) is 37.1 Å². The van der Waals surface area contributed by atoms with Crippen LogP contribution in [0.25, 0.3) is 11.1 Å². The van der Waals surface area contributed by atoms with Gasteiger partial charge in [-0.3, -0.25) is 0 Å². The maximum Gasteiger partial charge on any atom is 0.489 e. The molecule has 4 aromatic rings. The smallest absolute Gasteiger partial charge is 0.423 e. The molecule has 36 heavy (non-hydrogen) atoms. The zero-order chi connectivity index (χ0) is 27.0. The molecule has 14 heteroatoms. The number of aryl methyl sites for hydroxylation is 2. The van der Waals surface area contributed by atoms with Gasteiger partial charge in [0.2, 0.25) is 10.6 Å². The van der Waals surface area contributed by atoms with Gasteiger partial charge in [0, 0.05) is 34.0 Å². The highest BCUT2D eigenvalue weighted by Crippen LogP contribution is 2.32. The van der Waals surface area contributed by atoms with E-state index in [4.69, 9.17) is 67.9 Å². The summed E-state index contributed by atoms with van der Waals surface area (Å²) in [4.78, 5) is 15.1. The molecule has 2 aromatic heterocycles. The average molecular weight is 633 g/mol. The first-order valence-electron chi connectivity index (χ1n) is 10.0. The van der Waals surface area contributed by atoms with Crippen molar-refractivity contribution in [2.45, 2.75) is 13.8 Å². The molecule has 4 rings (SSSR count). The van der Waals surface area contributed by atoms with E-state index in [-0.39, 0.29) is 10.6 Å². The minimum absolute atomic E-state index is 0.130. The van der Waals surface area contributed by atoms with Gasteiger partial charge in [0.1, 0.15) is 11.6 Å². The fraction of sp³-hybridized carbons (Fsp3) is 0.0909. The zero-order valence-corrected chi connectivity index (χ0v) is 23.5. The first kappa shape index (κ1) is 30.1. The van der Waals surface area contributed by atoms with Gasteiger partial charge in [-0.05, 0) is 64.1 Å². The van der Waals surface area contributed by atoms with Crippen LogP contribution in [0.15, 0.2) is 53.3 Å². The number of aromatic nitrogens is 4. The van der Waals surface area contributed by atoms with Crippen LogP contribution in [0.5, 0.6) is 0 Å². The maximum atomic E-state index is 8.80. The molecule has 6 N–H and O–H groups in total. The Kier molecular flexibility index (Phi) is 11.6. The number of nitrogens with zero attached hydrogens (tertiary/aromatic N) is 4. The van der Waals surface area contributed by atoms with E-state index in [9.17, 15) is 0 Å². The van der Waals surface area contributed by atoms with Crippen molar-refractivity contribution >= 4 is 86.6 Å². The third-order valence-electron chi connectivity index (χ3n) is 4.51. The van der Waals surface area contributed by atoms with Gasteiger partial charge in [-0.15, -0.1) is 0 Å². The van der Waals surface area contributed by atoms with E-state index < -0.39 is 7.12 Å². The lowest BCUT2D eigenvalue weighted by atomic mass is 9.79. The Labute approximate surface area is 236 Å². The second-order valence-corrected chi connectivity index (χ2v) is 9.38. The summed E-state index contributed by atoms with van der Waals surface area (Å²) in [5.41, 5.74) is 14.8. The molecule has 188 valence electrons. The molecule has 0 aliphatic carbocycles. The summed E-state index contributed by atoms with van der Waals surface area (Å²) in [5.74, 6) is 0.683. The van der Waals surface area contributed by atoms with Crippen LogP contribution in [-0.2, 0) is 0 Å². The van der Waals surface area contributed by atoms with E-state index in [0.29, 0.717) is 37.2 Å². The minimum Gasteiger partial charge on any atom is -0.423 e. The van der Waals surface area contributed by atoms with Crippen molar-refractivity contribution in [2.75, 3.05) is 11.5 Å². The minimum atomic E-state index is -1.48. The second kappa shape index (κ2) is 13.9. The molecule has 0 aliphatic rings. The highest BCUT2D eigenvalue weighted by atomic mass is 79.9. The number of anilines is 2. The van der Waals surface area contributed by atoms with E-state index in [1.807, 2.05) is 38.1 Å². The Balaban J connectivity index is 0.000000200. The van der Waals surface area contributed by atoms with Crippen molar-refractivity contribution in [3.05, 3.63) is 85.0 Å². The lowest BCUT2D eigenvalue weighted by Gasteiger charge is -2.08. The van der Waals surface area contributed by atoms with Crippen LogP contribution in [0.4, 0.5) is 11.6 Å². The molecule has 0 radical (unpaired) electrons. The zero-order valence-electron chi connectivity index (χ0n) is 18.9. The Morgan fingerprint density at radius 3 is 1.78 bits per heavy atom. The van der Waals surface area contributed by atoms with E-state index in [0.717, 1.165) is 16.7 Å². The highest BCUT2D eigenvalue weighted by Gasteiger charge is 2.15. The van der Waals surface area contributed by atoms with E-state index in [2.05, 4.69) is 35.9 Å². The monoisotopic (exact) mass is 630 g/mol. The van der Waals surface area contributed by atoms with Crippen molar-refractivity contribution in [2.24, 2.45) is 0 Å². The van der Waals surface area contributed by atoms with Crippen LogP contribution >= 0.6 is 62.3 Å². The maximum absolute atomic E-state index is 8.80. The third-order valence-corrected chi connectivity index (χ3v) is 6.51. The fourth-order valence-corrected chi connectivity index (χ4v) is 3.58. The first-order valence-corrected chi connectivity index (χ1v) is 12.3. The number of rotatable bonds is 2.